The van der Waals surface area contributed by atoms with Crippen LogP contribution in [0, 0.1) is 0 Å². The summed E-state index contributed by atoms with van der Waals surface area (Å²) in [5.41, 5.74) is 3.88. The molecule has 0 saturated carbocycles. The highest BCUT2D eigenvalue weighted by atomic mass is 79.9. The molecule has 0 atom stereocenters. The van der Waals surface area contributed by atoms with E-state index in [-0.39, 0.29) is 12.5 Å². The lowest BCUT2D eigenvalue weighted by Crippen LogP contribution is -2.48. The Morgan fingerprint density at radius 3 is 2.89 bits per heavy atom. The van der Waals surface area contributed by atoms with Crippen molar-refractivity contribution in [3.05, 3.63) is 28.7 Å². The first kappa shape index (κ1) is 13.5. The van der Waals surface area contributed by atoms with Gasteiger partial charge in [0.15, 0.2) is 0 Å². The largest absolute Gasteiger partial charge is 0.379 e. The van der Waals surface area contributed by atoms with Gasteiger partial charge in [-0.05, 0) is 18.2 Å². The topological polar surface area (TPSA) is 53.6 Å². The van der Waals surface area contributed by atoms with Crippen LogP contribution in [0.15, 0.2) is 28.7 Å². The number of hydrogen-bond donors (Lipinski definition) is 2. The van der Waals surface area contributed by atoms with Gasteiger partial charge in [0.05, 0.1) is 19.8 Å². The molecule has 1 aromatic rings. The number of halogens is 1. The Balaban J connectivity index is 1.74. The van der Waals surface area contributed by atoms with E-state index in [1.165, 1.54) is 0 Å². The van der Waals surface area contributed by atoms with Gasteiger partial charge in [0.25, 0.3) is 0 Å². The Kier molecular flexibility index (Phi) is 5.12. The predicted molar refractivity (Wildman–Crippen MR) is 73.2 cm³/mol. The fraction of sp³-hybridized carbons (Fsp3) is 0.417. The molecule has 0 aromatic heterocycles. The molecule has 0 radical (unpaired) electrons. The van der Waals surface area contributed by atoms with E-state index in [2.05, 4.69) is 26.7 Å². The summed E-state index contributed by atoms with van der Waals surface area (Å²) < 4.78 is 6.17. The fourth-order valence-corrected chi connectivity index (χ4v) is 2.08. The molecule has 0 unspecified atom stereocenters. The van der Waals surface area contributed by atoms with Crippen molar-refractivity contribution in [3.63, 3.8) is 0 Å². The summed E-state index contributed by atoms with van der Waals surface area (Å²) in [6, 6.07) is 7.53. The maximum absolute atomic E-state index is 11.7. The van der Waals surface area contributed by atoms with E-state index in [0.717, 1.165) is 23.2 Å². The van der Waals surface area contributed by atoms with Crippen molar-refractivity contribution in [1.29, 1.82) is 0 Å². The number of rotatable bonds is 4. The standard InChI is InChI=1S/C12H16BrN3O2/c13-10-2-1-3-11(8-10)15-12(17)9-14-16-4-6-18-7-5-16/h1-3,8,14H,4-7,9H2,(H,15,17). The van der Waals surface area contributed by atoms with E-state index in [1.54, 1.807) is 0 Å². The van der Waals surface area contributed by atoms with Crippen LogP contribution < -0.4 is 10.7 Å². The normalized spacial score (nSPS) is 16.5. The van der Waals surface area contributed by atoms with Gasteiger partial charge in [-0.25, -0.2) is 10.4 Å². The molecule has 1 aromatic carbocycles. The molecule has 1 fully saturated rings. The lowest BCUT2D eigenvalue weighted by molar-refractivity contribution is -0.116. The molecule has 2 N–H and O–H groups in total. The first-order chi connectivity index (χ1) is 8.74. The summed E-state index contributed by atoms with van der Waals surface area (Å²) in [5, 5.41) is 4.84. The van der Waals surface area contributed by atoms with Crippen LogP contribution in [0.3, 0.4) is 0 Å². The summed E-state index contributed by atoms with van der Waals surface area (Å²) in [5.74, 6) is -0.0559. The summed E-state index contributed by atoms with van der Waals surface area (Å²) in [7, 11) is 0. The first-order valence-corrected chi connectivity index (χ1v) is 6.65. The second-order valence-electron chi connectivity index (χ2n) is 3.99. The number of nitrogens with zero attached hydrogens (tertiary/aromatic N) is 1. The van der Waals surface area contributed by atoms with E-state index >= 15 is 0 Å². The summed E-state index contributed by atoms with van der Waals surface area (Å²) >= 11 is 3.36. The zero-order chi connectivity index (χ0) is 12.8. The average Bonchev–Trinajstić information content (AvgIpc) is 2.38. The minimum absolute atomic E-state index is 0.0559. The minimum atomic E-state index is -0.0559. The Morgan fingerprint density at radius 1 is 1.39 bits per heavy atom. The molecule has 1 heterocycles. The molecule has 0 spiro atoms. The molecule has 0 bridgehead atoms. The molecule has 5 nitrogen and oxygen atoms in total. The predicted octanol–water partition coefficient (Wildman–Crippen LogP) is 1.22. The molecule has 1 saturated heterocycles. The quantitative estimate of drug-likeness (QED) is 0.878. The molecular weight excluding hydrogens is 298 g/mol. The van der Waals surface area contributed by atoms with Gasteiger partial charge < -0.3 is 10.1 Å². The highest BCUT2D eigenvalue weighted by Gasteiger charge is 2.11. The zero-order valence-corrected chi connectivity index (χ0v) is 11.6. The third-order valence-electron chi connectivity index (χ3n) is 2.58. The number of amides is 1. The smallest absolute Gasteiger partial charge is 0.239 e. The van der Waals surface area contributed by atoms with Gasteiger partial charge in [0.1, 0.15) is 0 Å². The lowest BCUT2D eigenvalue weighted by Gasteiger charge is -2.26. The van der Waals surface area contributed by atoms with Gasteiger partial charge in [-0.2, -0.15) is 0 Å². The summed E-state index contributed by atoms with van der Waals surface area (Å²) in [6.07, 6.45) is 0. The van der Waals surface area contributed by atoms with Crippen molar-refractivity contribution in [2.75, 3.05) is 38.2 Å². The summed E-state index contributed by atoms with van der Waals surface area (Å²) in [4.78, 5) is 11.7. The van der Waals surface area contributed by atoms with E-state index in [9.17, 15) is 4.79 Å². The number of nitrogens with one attached hydrogen (secondary N) is 2. The fourth-order valence-electron chi connectivity index (χ4n) is 1.68. The maximum Gasteiger partial charge on any atom is 0.239 e. The number of hydrogen-bond acceptors (Lipinski definition) is 4. The number of morpholine rings is 1. The van der Waals surface area contributed by atoms with Crippen LogP contribution in [0.25, 0.3) is 0 Å². The van der Waals surface area contributed by atoms with E-state index < -0.39 is 0 Å². The Morgan fingerprint density at radius 2 is 2.17 bits per heavy atom. The van der Waals surface area contributed by atoms with E-state index in [4.69, 9.17) is 4.74 Å². The average molecular weight is 314 g/mol. The third kappa shape index (κ3) is 4.38. The summed E-state index contributed by atoms with van der Waals surface area (Å²) in [6.45, 7) is 3.31. The molecule has 1 aliphatic heterocycles. The van der Waals surface area contributed by atoms with Crippen LogP contribution >= 0.6 is 15.9 Å². The number of hydrazine groups is 1. The van der Waals surface area contributed by atoms with Gasteiger partial charge >= 0.3 is 0 Å². The molecule has 2 rings (SSSR count). The Bertz CT molecular complexity index is 408. The van der Waals surface area contributed by atoms with Crippen molar-refractivity contribution in [3.8, 4) is 0 Å². The number of carbonyl (C=O) groups is 1. The molecular formula is C12H16BrN3O2. The highest BCUT2D eigenvalue weighted by Crippen LogP contribution is 2.15. The third-order valence-corrected chi connectivity index (χ3v) is 3.08. The molecule has 1 amide bonds. The van der Waals surface area contributed by atoms with Crippen LogP contribution in [0.1, 0.15) is 0 Å². The maximum atomic E-state index is 11.7. The zero-order valence-electron chi connectivity index (χ0n) is 9.99. The van der Waals surface area contributed by atoms with Crippen LogP contribution in [-0.2, 0) is 9.53 Å². The first-order valence-electron chi connectivity index (χ1n) is 5.85. The van der Waals surface area contributed by atoms with Crippen LogP contribution in [-0.4, -0.2) is 43.8 Å². The molecule has 1 aliphatic rings. The molecule has 98 valence electrons. The Hall–Kier alpha value is -0.950. The van der Waals surface area contributed by atoms with Crippen LogP contribution in [0.2, 0.25) is 0 Å². The van der Waals surface area contributed by atoms with Crippen molar-refractivity contribution in [1.82, 2.24) is 10.4 Å². The van der Waals surface area contributed by atoms with Crippen molar-refractivity contribution < 1.29 is 9.53 Å². The lowest BCUT2D eigenvalue weighted by atomic mass is 10.3. The number of ether oxygens (including phenoxy) is 1. The van der Waals surface area contributed by atoms with Gasteiger partial charge in [0, 0.05) is 23.2 Å². The SMILES string of the molecule is O=C(CNN1CCOCC1)Nc1cccc(Br)c1. The van der Waals surface area contributed by atoms with Crippen LogP contribution in [0.4, 0.5) is 5.69 Å². The van der Waals surface area contributed by atoms with E-state index in [1.807, 2.05) is 29.3 Å². The molecule has 0 aliphatic carbocycles. The van der Waals surface area contributed by atoms with Gasteiger partial charge in [-0.3, -0.25) is 4.79 Å². The highest BCUT2D eigenvalue weighted by molar-refractivity contribution is 9.10. The van der Waals surface area contributed by atoms with Gasteiger partial charge in [-0.15, -0.1) is 0 Å². The van der Waals surface area contributed by atoms with Gasteiger partial charge in [0.2, 0.25) is 5.91 Å². The van der Waals surface area contributed by atoms with Gasteiger partial charge in [-0.1, -0.05) is 22.0 Å². The molecule has 18 heavy (non-hydrogen) atoms. The van der Waals surface area contributed by atoms with Crippen molar-refractivity contribution in [2.45, 2.75) is 0 Å². The minimum Gasteiger partial charge on any atom is -0.379 e. The molecule has 6 heteroatoms. The monoisotopic (exact) mass is 313 g/mol. The second-order valence-corrected chi connectivity index (χ2v) is 4.91. The number of carbonyl (C=O) groups excluding carboxylic acids is 1. The van der Waals surface area contributed by atoms with E-state index in [0.29, 0.717) is 13.2 Å². The van der Waals surface area contributed by atoms with Crippen molar-refractivity contribution in [2.24, 2.45) is 0 Å². The Labute approximate surface area is 115 Å². The second kappa shape index (κ2) is 6.84. The van der Waals surface area contributed by atoms with Crippen LogP contribution in [0.5, 0.6) is 0 Å². The number of benzene rings is 1. The number of anilines is 1. The van der Waals surface area contributed by atoms with Crippen molar-refractivity contribution >= 4 is 27.5 Å².